The molecule has 0 atom stereocenters. The fraction of sp³-hybridized carbons (Fsp3) is 0.0435. The third kappa shape index (κ3) is 4.61. The number of diazo groups is 1. The van der Waals surface area contributed by atoms with E-state index in [0.29, 0.717) is 6.42 Å². The SMILES string of the molecule is N#[N+]N=c1c(=NN=[N-])c(=O)c(=O)c2cccc(S(=O)(=O)Oc3ccc(Cc4ccc(O)cc4)cc3)c12. The topological polar surface area (TPSA) is 185 Å². The maximum absolute atomic E-state index is 13.2. The van der Waals surface area contributed by atoms with E-state index in [1.807, 2.05) is 0 Å². The molecule has 13 heteroatoms. The van der Waals surface area contributed by atoms with Crippen molar-refractivity contribution in [3.05, 3.63) is 120 Å². The van der Waals surface area contributed by atoms with E-state index in [-0.39, 0.29) is 16.9 Å². The maximum Gasteiger partial charge on any atom is 0.339 e. The van der Waals surface area contributed by atoms with Gasteiger partial charge in [0, 0.05) is 10.8 Å². The molecule has 0 unspecified atom stereocenters. The minimum absolute atomic E-state index is 0.0372. The van der Waals surface area contributed by atoms with E-state index < -0.39 is 42.0 Å². The Bertz CT molecular complexity index is 1870. The van der Waals surface area contributed by atoms with Crippen LogP contribution in [0.1, 0.15) is 11.1 Å². The normalized spacial score (nSPS) is 12.4. The van der Waals surface area contributed by atoms with Crippen molar-refractivity contribution >= 4 is 20.9 Å². The Morgan fingerprint density at radius 3 is 2.17 bits per heavy atom. The number of hydrogen-bond donors (Lipinski definition) is 1. The summed E-state index contributed by atoms with van der Waals surface area (Å²) in [4.78, 5) is 24.3. The number of rotatable bonds is 6. The zero-order valence-corrected chi connectivity index (χ0v) is 19.0. The summed E-state index contributed by atoms with van der Waals surface area (Å²) in [6, 6.07) is 16.4. The Labute approximate surface area is 202 Å². The molecule has 0 fully saturated rings. The van der Waals surface area contributed by atoms with E-state index in [1.54, 1.807) is 36.4 Å². The lowest BCUT2D eigenvalue weighted by molar-refractivity contribution is 0.475. The van der Waals surface area contributed by atoms with Gasteiger partial charge in [-0.25, -0.2) is 0 Å². The molecular formula is C23H14N6O6S. The molecule has 1 N–H and O–H groups in total. The number of aromatic hydroxyl groups is 1. The molecule has 0 aliphatic rings. The van der Waals surface area contributed by atoms with Crippen molar-refractivity contribution < 1.29 is 17.7 Å². The second-order valence-electron chi connectivity index (χ2n) is 7.44. The third-order valence-electron chi connectivity index (χ3n) is 5.19. The summed E-state index contributed by atoms with van der Waals surface area (Å²) in [5, 5.41) is 27.7. The first-order valence-corrected chi connectivity index (χ1v) is 11.5. The summed E-state index contributed by atoms with van der Waals surface area (Å²) in [7, 11) is -4.61. The zero-order valence-electron chi connectivity index (χ0n) is 18.1. The van der Waals surface area contributed by atoms with E-state index in [0.717, 1.165) is 17.2 Å². The highest BCUT2D eigenvalue weighted by molar-refractivity contribution is 7.87. The molecule has 0 aliphatic carbocycles. The Hall–Kier alpha value is -5.09. The number of hydrogen-bond acceptors (Lipinski definition) is 9. The van der Waals surface area contributed by atoms with E-state index in [9.17, 15) is 23.1 Å². The first-order valence-electron chi connectivity index (χ1n) is 10.1. The number of phenolic OH excluding ortho intramolecular Hbond substituents is 1. The van der Waals surface area contributed by atoms with Crippen LogP contribution in [0.25, 0.3) is 21.4 Å². The molecule has 36 heavy (non-hydrogen) atoms. The number of nitrogens with zero attached hydrogens (tertiary/aromatic N) is 6. The van der Waals surface area contributed by atoms with Gasteiger partial charge in [-0.2, -0.15) is 8.42 Å². The summed E-state index contributed by atoms with van der Waals surface area (Å²) in [5.74, 6) is 0.108. The van der Waals surface area contributed by atoms with Crippen molar-refractivity contribution in [2.24, 2.45) is 15.4 Å². The first-order chi connectivity index (χ1) is 17.2. The molecule has 12 nitrogen and oxygen atoms in total. The van der Waals surface area contributed by atoms with Gasteiger partial charge in [-0.15, -0.1) is 0 Å². The number of benzene rings is 4. The van der Waals surface area contributed by atoms with Gasteiger partial charge < -0.3 is 19.9 Å². The second kappa shape index (κ2) is 9.65. The van der Waals surface area contributed by atoms with Crippen molar-refractivity contribution in [1.82, 2.24) is 0 Å². The van der Waals surface area contributed by atoms with Crippen LogP contribution in [-0.2, 0) is 16.5 Å². The third-order valence-corrected chi connectivity index (χ3v) is 6.48. The Morgan fingerprint density at radius 1 is 0.917 bits per heavy atom. The lowest BCUT2D eigenvalue weighted by Gasteiger charge is -2.10. The van der Waals surface area contributed by atoms with Crippen LogP contribution in [0.4, 0.5) is 0 Å². The molecule has 0 saturated carbocycles. The summed E-state index contributed by atoms with van der Waals surface area (Å²) < 4.78 is 31.6. The first kappa shape index (κ1) is 24.0. The van der Waals surface area contributed by atoms with Crippen LogP contribution >= 0.6 is 0 Å². The van der Waals surface area contributed by atoms with Crippen molar-refractivity contribution in [2.75, 3.05) is 0 Å². The predicted octanol–water partition coefficient (Wildman–Crippen LogP) is 2.01. The molecule has 4 aromatic rings. The molecule has 0 bridgehead atoms. The second-order valence-corrected chi connectivity index (χ2v) is 8.95. The smallest absolute Gasteiger partial charge is 0.339 e. The van der Waals surface area contributed by atoms with Crippen LogP contribution in [-0.4, -0.2) is 13.5 Å². The van der Waals surface area contributed by atoms with Crippen molar-refractivity contribution in [3.8, 4) is 11.5 Å². The van der Waals surface area contributed by atoms with Gasteiger partial charge in [0.1, 0.15) is 16.4 Å². The summed E-state index contributed by atoms with van der Waals surface area (Å²) in [5.41, 5.74) is 8.20. The molecule has 0 aromatic heterocycles. The van der Waals surface area contributed by atoms with E-state index in [1.165, 1.54) is 24.3 Å². The Kier molecular flexibility index (Phi) is 6.44. The van der Waals surface area contributed by atoms with Gasteiger partial charge in [0.05, 0.1) is 5.36 Å². The Morgan fingerprint density at radius 2 is 1.56 bits per heavy atom. The standard InChI is InChI=1S/C23H14N6O6S/c24-28-26-20-19-17(22(31)23(32)21(20)27-29-25)2-1-3-18(19)36(33,34)35-16-10-6-14(7-11-16)12-13-4-8-15(30)9-5-13/h1-11,30H,12H2. The van der Waals surface area contributed by atoms with Crippen molar-refractivity contribution in [2.45, 2.75) is 11.3 Å². The largest absolute Gasteiger partial charge is 0.508 e. The van der Waals surface area contributed by atoms with Crippen molar-refractivity contribution in [3.63, 3.8) is 0 Å². The minimum Gasteiger partial charge on any atom is -0.508 e. The lowest BCUT2D eigenvalue weighted by atomic mass is 10.1. The molecule has 178 valence electrons. The lowest BCUT2D eigenvalue weighted by Crippen LogP contribution is -2.48. The van der Waals surface area contributed by atoms with E-state index in [2.05, 4.69) is 20.5 Å². The van der Waals surface area contributed by atoms with Gasteiger partial charge in [0.25, 0.3) is 5.39 Å². The summed E-state index contributed by atoms with van der Waals surface area (Å²) in [6.07, 6.45) is 0.526. The highest BCUT2D eigenvalue weighted by Crippen LogP contribution is 2.24. The summed E-state index contributed by atoms with van der Waals surface area (Å²) in [6.45, 7) is 0. The predicted molar refractivity (Wildman–Crippen MR) is 126 cm³/mol. The van der Waals surface area contributed by atoms with Crippen molar-refractivity contribution in [1.29, 1.82) is 5.39 Å². The molecule has 0 heterocycles. The molecule has 4 aromatic carbocycles. The van der Waals surface area contributed by atoms with Gasteiger partial charge >= 0.3 is 15.2 Å². The average molecular weight is 502 g/mol. The maximum atomic E-state index is 13.2. The molecule has 0 radical (unpaired) electrons. The number of fused-ring (bicyclic) bond motifs is 1. The Balaban J connectivity index is 1.79. The van der Waals surface area contributed by atoms with Crippen LogP contribution in [0.5, 0.6) is 11.5 Å². The van der Waals surface area contributed by atoms with Gasteiger partial charge in [0.15, 0.2) is 10.5 Å². The molecule has 0 saturated heterocycles. The summed E-state index contributed by atoms with van der Waals surface area (Å²) >= 11 is 0. The van der Waals surface area contributed by atoms with Gasteiger partial charge in [0.2, 0.25) is 10.9 Å². The molecule has 0 spiro atoms. The fourth-order valence-corrected chi connectivity index (χ4v) is 4.75. The highest BCUT2D eigenvalue weighted by Gasteiger charge is 2.24. The van der Waals surface area contributed by atoms with Crippen LogP contribution in [0, 0.1) is 5.39 Å². The highest BCUT2D eigenvalue weighted by atomic mass is 32.2. The minimum atomic E-state index is -4.61. The zero-order chi connectivity index (χ0) is 25.9. The average Bonchev–Trinajstić information content (AvgIpc) is 2.86. The molecule has 4 rings (SSSR count). The number of phenols is 1. The van der Waals surface area contributed by atoms with Gasteiger partial charge in [-0.3, -0.25) is 14.8 Å². The molecular weight excluding hydrogens is 488 g/mol. The van der Waals surface area contributed by atoms with E-state index >= 15 is 0 Å². The monoisotopic (exact) mass is 502 g/mol. The van der Waals surface area contributed by atoms with Gasteiger partial charge in [-0.05, 0) is 47.9 Å². The fourth-order valence-electron chi connectivity index (χ4n) is 3.59. The molecule has 0 amide bonds. The quantitative estimate of drug-likeness (QED) is 0.137. The molecule has 0 aliphatic heterocycles. The van der Waals surface area contributed by atoms with Crippen LogP contribution < -0.4 is 25.8 Å². The van der Waals surface area contributed by atoms with Crippen LogP contribution in [0.2, 0.25) is 0 Å². The van der Waals surface area contributed by atoms with Crippen LogP contribution in [0.15, 0.2) is 96.6 Å². The van der Waals surface area contributed by atoms with Crippen LogP contribution in [0.3, 0.4) is 0 Å². The van der Waals surface area contributed by atoms with Gasteiger partial charge in [-0.1, -0.05) is 36.4 Å². The van der Waals surface area contributed by atoms with E-state index in [4.69, 9.17) is 15.1 Å².